The fourth-order valence-electron chi connectivity index (χ4n) is 0.983. The van der Waals surface area contributed by atoms with E-state index in [1.807, 2.05) is 6.92 Å². The monoisotopic (exact) mass is 199 g/mol. The van der Waals surface area contributed by atoms with Gasteiger partial charge in [0, 0.05) is 26.6 Å². The van der Waals surface area contributed by atoms with Crippen LogP contribution in [0.2, 0.25) is 0 Å². The maximum absolute atomic E-state index is 11.3. The molecule has 5 nitrogen and oxygen atoms in total. The van der Waals surface area contributed by atoms with Gasteiger partial charge in [-0.1, -0.05) is 0 Å². The number of carbonyl (C=O) groups is 2. The Balaban J connectivity index is 2.81. The Morgan fingerprint density at radius 1 is 1.29 bits per heavy atom. The summed E-state index contributed by atoms with van der Waals surface area (Å²) < 4.78 is 9.73. The standard InChI is InChI=1S/C9H13NO4/c1-4-10-5-6-7(11)13-9(2,3)14-8(6)12/h5,10H,4H2,1-3H3. The number of ether oxygens (including phenoxy) is 2. The Hall–Kier alpha value is -1.52. The second kappa shape index (κ2) is 3.69. The Kier molecular flexibility index (Phi) is 2.78. The summed E-state index contributed by atoms with van der Waals surface area (Å²) in [7, 11) is 0. The molecule has 1 N–H and O–H groups in total. The highest BCUT2D eigenvalue weighted by Gasteiger charge is 2.38. The third-order valence-electron chi connectivity index (χ3n) is 1.57. The highest BCUT2D eigenvalue weighted by Crippen LogP contribution is 2.21. The van der Waals surface area contributed by atoms with E-state index in [9.17, 15) is 9.59 Å². The molecule has 1 saturated heterocycles. The number of carbonyl (C=O) groups excluding carboxylic acids is 2. The zero-order valence-electron chi connectivity index (χ0n) is 8.42. The van der Waals surface area contributed by atoms with E-state index in [0.29, 0.717) is 6.54 Å². The molecule has 0 atom stereocenters. The van der Waals surface area contributed by atoms with Crippen molar-refractivity contribution in [3.8, 4) is 0 Å². The van der Waals surface area contributed by atoms with Crippen LogP contribution in [0.3, 0.4) is 0 Å². The number of hydrogen-bond acceptors (Lipinski definition) is 5. The summed E-state index contributed by atoms with van der Waals surface area (Å²) in [6, 6.07) is 0. The molecule has 0 spiro atoms. The first kappa shape index (κ1) is 10.6. The van der Waals surface area contributed by atoms with Crippen molar-refractivity contribution in [1.29, 1.82) is 0 Å². The van der Waals surface area contributed by atoms with Crippen LogP contribution >= 0.6 is 0 Å². The topological polar surface area (TPSA) is 64.6 Å². The van der Waals surface area contributed by atoms with Crippen molar-refractivity contribution in [2.45, 2.75) is 26.6 Å². The van der Waals surface area contributed by atoms with Crippen LogP contribution in [-0.4, -0.2) is 24.3 Å². The molecule has 0 aromatic heterocycles. The number of esters is 2. The first-order valence-electron chi connectivity index (χ1n) is 4.36. The van der Waals surface area contributed by atoms with E-state index < -0.39 is 17.7 Å². The summed E-state index contributed by atoms with van der Waals surface area (Å²) in [5, 5.41) is 2.74. The molecular weight excluding hydrogens is 186 g/mol. The fourth-order valence-corrected chi connectivity index (χ4v) is 0.983. The van der Waals surface area contributed by atoms with E-state index in [1.165, 1.54) is 20.0 Å². The van der Waals surface area contributed by atoms with Crippen LogP contribution < -0.4 is 5.32 Å². The molecule has 0 aromatic carbocycles. The summed E-state index contributed by atoms with van der Waals surface area (Å²) in [4.78, 5) is 22.6. The van der Waals surface area contributed by atoms with Crippen molar-refractivity contribution < 1.29 is 19.1 Å². The summed E-state index contributed by atoms with van der Waals surface area (Å²) in [6.45, 7) is 5.48. The predicted molar refractivity (Wildman–Crippen MR) is 48.0 cm³/mol. The van der Waals surface area contributed by atoms with Crippen LogP contribution in [0.1, 0.15) is 20.8 Å². The number of hydrogen-bond donors (Lipinski definition) is 1. The van der Waals surface area contributed by atoms with Crippen LogP contribution in [0.15, 0.2) is 11.8 Å². The molecule has 78 valence electrons. The summed E-state index contributed by atoms with van der Waals surface area (Å²) >= 11 is 0. The average Bonchev–Trinajstić information content (AvgIpc) is 2.00. The molecule has 0 aromatic rings. The molecule has 0 aliphatic carbocycles. The average molecular weight is 199 g/mol. The van der Waals surface area contributed by atoms with Crippen LogP contribution in [0, 0.1) is 0 Å². The van der Waals surface area contributed by atoms with Crippen molar-refractivity contribution in [2.24, 2.45) is 0 Å². The largest absolute Gasteiger partial charge is 0.419 e. The molecule has 14 heavy (non-hydrogen) atoms. The first-order valence-corrected chi connectivity index (χ1v) is 4.36. The van der Waals surface area contributed by atoms with Gasteiger partial charge < -0.3 is 14.8 Å². The van der Waals surface area contributed by atoms with Gasteiger partial charge in [0.2, 0.25) is 0 Å². The van der Waals surface area contributed by atoms with Gasteiger partial charge in [-0.05, 0) is 6.92 Å². The van der Waals surface area contributed by atoms with Crippen molar-refractivity contribution in [3.05, 3.63) is 11.8 Å². The van der Waals surface area contributed by atoms with Gasteiger partial charge in [-0.2, -0.15) is 0 Å². The van der Waals surface area contributed by atoms with Crippen LogP contribution in [0.25, 0.3) is 0 Å². The third kappa shape index (κ3) is 2.25. The highest BCUT2D eigenvalue weighted by atomic mass is 16.7. The lowest BCUT2D eigenvalue weighted by molar-refractivity contribution is -0.222. The molecule has 1 fully saturated rings. The van der Waals surface area contributed by atoms with Crippen LogP contribution in [0.4, 0.5) is 0 Å². The van der Waals surface area contributed by atoms with Gasteiger partial charge >= 0.3 is 11.9 Å². The number of cyclic esters (lactones) is 2. The van der Waals surface area contributed by atoms with Crippen molar-refractivity contribution in [3.63, 3.8) is 0 Å². The van der Waals surface area contributed by atoms with E-state index in [0.717, 1.165) is 0 Å². The molecule has 1 heterocycles. The highest BCUT2D eigenvalue weighted by molar-refractivity contribution is 6.15. The molecule has 5 heteroatoms. The van der Waals surface area contributed by atoms with Gasteiger partial charge in [0.05, 0.1) is 0 Å². The van der Waals surface area contributed by atoms with Crippen molar-refractivity contribution in [1.82, 2.24) is 5.32 Å². The summed E-state index contributed by atoms with van der Waals surface area (Å²) in [5.41, 5.74) is -0.105. The first-order chi connectivity index (χ1) is 6.46. The second-order valence-electron chi connectivity index (χ2n) is 3.29. The van der Waals surface area contributed by atoms with Crippen molar-refractivity contribution >= 4 is 11.9 Å². The Bertz CT molecular complexity index is 271. The Labute approximate surface area is 82.1 Å². The van der Waals surface area contributed by atoms with Crippen LogP contribution in [0.5, 0.6) is 0 Å². The lowest BCUT2D eigenvalue weighted by Gasteiger charge is -2.29. The minimum absolute atomic E-state index is 0.105. The van der Waals surface area contributed by atoms with Gasteiger partial charge in [0.25, 0.3) is 5.79 Å². The summed E-state index contributed by atoms with van der Waals surface area (Å²) in [6.07, 6.45) is 1.31. The normalized spacial score (nSPS) is 19.8. The molecule has 0 radical (unpaired) electrons. The fraction of sp³-hybridized carbons (Fsp3) is 0.556. The SMILES string of the molecule is CCNC=C1C(=O)OC(C)(C)OC1=O. The molecule has 0 bridgehead atoms. The minimum atomic E-state index is -1.17. The van der Waals surface area contributed by atoms with Gasteiger partial charge in [-0.3, -0.25) is 0 Å². The smallest absolute Gasteiger partial charge is 0.350 e. The van der Waals surface area contributed by atoms with Gasteiger partial charge in [-0.25, -0.2) is 9.59 Å². The van der Waals surface area contributed by atoms with Gasteiger partial charge in [-0.15, -0.1) is 0 Å². The van der Waals surface area contributed by atoms with Gasteiger partial charge in [0.1, 0.15) is 0 Å². The molecule has 1 aliphatic heterocycles. The Morgan fingerprint density at radius 3 is 2.21 bits per heavy atom. The van der Waals surface area contributed by atoms with E-state index in [4.69, 9.17) is 9.47 Å². The lowest BCUT2D eigenvalue weighted by atomic mass is 10.2. The zero-order chi connectivity index (χ0) is 10.8. The number of rotatable bonds is 2. The number of nitrogens with one attached hydrogen (secondary N) is 1. The molecule has 0 saturated carbocycles. The molecular formula is C9H13NO4. The minimum Gasteiger partial charge on any atom is -0.419 e. The van der Waals surface area contributed by atoms with E-state index in [1.54, 1.807) is 0 Å². The lowest BCUT2D eigenvalue weighted by Crippen LogP contribution is -2.42. The maximum Gasteiger partial charge on any atom is 0.350 e. The maximum atomic E-state index is 11.3. The molecule has 0 amide bonds. The zero-order valence-corrected chi connectivity index (χ0v) is 8.42. The van der Waals surface area contributed by atoms with E-state index >= 15 is 0 Å². The van der Waals surface area contributed by atoms with E-state index in [-0.39, 0.29) is 5.57 Å². The quantitative estimate of drug-likeness (QED) is 0.394. The molecule has 1 rings (SSSR count). The second-order valence-corrected chi connectivity index (χ2v) is 3.29. The van der Waals surface area contributed by atoms with Crippen molar-refractivity contribution in [2.75, 3.05) is 6.54 Å². The molecule has 0 unspecified atom stereocenters. The van der Waals surface area contributed by atoms with Crippen LogP contribution in [-0.2, 0) is 19.1 Å². The Morgan fingerprint density at radius 2 is 1.79 bits per heavy atom. The van der Waals surface area contributed by atoms with Gasteiger partial charge in [0.15, 0.2) is 5.57 Å². The molecule has 1 aliphatic rings. The summed E-state index contributed by atoms with van der Waals surface area (Å²) in [5.74, 6) is -2.49. The third-order valence-corrected chi connectivity index (χ3v) is 1.57. The predicted octanol–water partition coefficient (Wildman–Crippen LogP) is 0.316. The van der Waals surface area contributed by atoms with E-state index in [2.05, 4.69) is 5.32 Å².